The van der Waals surface area contributed by atoms with Crippen LogP contribution in [0, 0.1) is 11.3 Å². The lowest BCUT2D eigenvalue weighted by molar-refractivity contribution is -0.119. The highest BCUT2D eigenvalue weighted by Gasteiger charge is 2.15. The van der Waals surface area contributed by atoms with Gasteiger partial charge in [-0.2, -0.15) is 5.26 Å². The van der Waals surface area contributed by atoms with Crippen LogP contribution in [0.3, 0.4) is 0 Å². The van der Waals surface area contributed by atoms with Gasteiger partial charge >= 0.3 is 5.97 Å². The van der Waals surface area contributed by atoms with Crippen molar-refractivity contribution in [3.05, 3.63) is 88.4 Å². The van der Waals surface area contributed by atoms with Crippen LogP contribution >= 0.6 is 11.6 Å². The SMILES string of the molecule is COc1cc(C(=O)OCC(=O)Nc2ccccc2C#N)ccc1OCc1ccccc1Cl. The standard InChI is InChI=1S/C24H19ClN2O5/c1-30-22-12-16(10-11-21(22)31-14-18-7-2-4-8-19(18)25)24(29)32-15-23(28)27-20-9-5-3-6-17(20)13-26/h2-12H,14-15H2,1H3,(H,27,28). The Labute approximate surface area is 190 Å². The Morgan fingerprint density at radius 2 is 1.78 bits per heavy atom. The first-order chi connectivity index (χ1) is 15.5. The number of rotatable bonds is 8. The van der Waals surface area contributed by atoms with E-state index in [4.69, 9.17) is 31.1 Å². The van der Waals surface area contributed by atoms with Crippen LogP contribution in [0.1, 0.15) is 21.5 Å². The van der Waals surface area contributed by atoms with E-state index in [0.717, 1.165) is 5.56 Å². The number of esters is 1. The zero-order valence-corrected chi connectivity index (χ0v) is 17.9. The fourth-order valence-electron chi connectivity index (χ4n) is 2.78. The molecule has 0 spiro atoms. The zero-order valence-electron chi connectivity index (χ0n) is 17.1. The van der Waals surface area contributed by atoms with Crippen molar-refractivity contribution >= 4 is 29.2 Å². The van der Waals surface area contributed by atoms with Gasteiger partial charge in [-0.05, 0) is 36.4 Å². The van der Waals surface area contributed by atoms with Gasteiger partial charge in [-0.3, -0.25) is 4.79 Å². The maximum atomic E-state index is 12.4. The van der Waals surface area contributed by atoms with E-state index in [1.54, 1.807) is 36.4 Å². The summed E-state index contributed by atoms with van der Waals surface area (Å²) >= 11 is 6.14. The molecule has 0 fully saturated rings. The van der Waals surface area contributed by atoms with Gasteiger partial charge in [-0.15, -0.1) is 0 Å². The van der Waals surface area contributed by atoms with Crippen molar-refractivity contribution < 1.29 is 23.8 Å². The smallest absolute Gasteiger partial charge is 0.338 e. The van der Waals surface area contributed by atoms with Crippen LogP contribution in [-0.2, 0) is 16.1 Å². The minimum atomic E-state index is -0.704. The number of nitrogens with one attached hydrogen (secondary N) is 1. The first-order valence-corrected chi connectivity index (χ1v) is 9.90. The summed E-state index contributed by atoms with van der Waals surface area (Å²) in [4.78, 5) is 24.4. The number of nitriles is 1. The van der Waals surface area contributed by atoms with Crippen LogP contribution in [0.15, 0.2) is 66.7 Å². The highest BCUT2D eigenvalue weighted by molar-refractivity contribution is 6.31. The average molecular weight is 451 g/mol. The maximum absolute atomic E-state index is 12.4. The number of anilines is 1. The minimum absolute atomic E-state index is 0.192. The van der Waals surface area contributed by atoms with E-state index >= 15 is 0 Å². The molecular weight excluding hydrogens is 432 g/mol. The van der Waals surface area contributed by atoms with E-state index in [1.165, 1.54) is 19.2 Å². The van der Waals surface area contributed by atoms with Crippen molar-refractivity contribution in [2.24, 2.45) is 0 Å². The summed E-state index contributed by atoms with van der Waals surface area (Å²) in [6.45, 7) is -0.282. The summed E-state index contributed by atoms with van der Waals surface area (Å²) in [6.07, 6.45) is 0. The fourth-order valence-corrected chi connectivity index (χ4v) is 2.97. The number of halogens is 1. The van der Waals surface area contributed by atoms with E-state index in [9.17, 15) is 9.59 Å². The molecule has 0 unspecified atom stereocenters. The Balaban J connectivity index is 1.60. The average Bonchev–Trinajstić information content (AvgIpc) is 2.82. The number of carbonyl (C=O) groups excluding carboxylic acids is 2. The second kappa shape index (κ2) is 10.8. The summed E-state index contributed by atoms with van der Waals surface area (Å²) in [6, 6.07) is 20.4. The van der Waals surface area contributed by atoms with Gasteiger partial charge in [0.2, 0.25) is 0 Å². The predicted molar refractivity (Wildman–Crippen MR) is 119 cm³/mol. The van der Waals surface area contributed by atoms with Crippen molar-refractivity contribution in [2.75, 3.05) is 19.0 Å². The molecule has 3 aromatic rings. The summed E-state index contributed by atoms with van der Waals surface area (Å²) < 4.78 is 16.1. The number of hydrogen-bond acceptors (Lipinski definition) is 6. The van der Waals surface area contributed by atoms with Crippen LogP contribution < -0.4 is 14.8 Å². The first-order valence-electron chi connectivity index (χ1n) is 9.52. The van der Waals surface area contributed by atoms with Gasteiger partial charge in [-0.25, -0.2) is 4.79 Å². The van der Waals surface area contributed by atoms with E-state index in [1.807, 2.05) is 24.3 Å². The molecule has 3 rings (SSSR count). The van der Waals surface area contributed by atoms with Crippen molar-refractivity contribution in [3.8, 4) is 17.6 Å². The Morgan fingerprint density at radius 3 is 2.53 bits per heavy atom. The number of ether oxygens (including phenoxy) is 3. The number of benzene rings is 3. The van der Waals surface area contributed by atoms with E-state index < -0.39 is 18.5 Å². The lowest BCUT2D eigenvalue weighted by Crippen LogP contribution is -2.21. The van der Waals surface area contributed by atoms with Crippen LogP contribution in [-0.4, -0.2) is 25.6 Å². The van der Waals surface area contributed by atoms with Crippen LogP contribution in [0.4, 0.5) is 5.69 Å². The van der Waals surface area contributed by atoms with Gasteiger partial charge in [0.15, 0.2) is 18.1 Å². The molecule has 0 atom stereocenters. The van der Waals surface area contributed by atoms with Crippen LogP contribution in [0.5, 0.6) is 11.5 Å². The molecule has 0 aliphatic rings. The van der Waals surface area contributed by atoms with Crippen molar-refractivity contribution in [2.45, 2.75) is 6.61 Å². The molecule has 0 saturated carbocycles. The first kappa shape index (κ1) is 22.7. The lowest BCUT2D eigenvalue weighted by atomic mass is 10.2. The second-order valence-corrected chi connectivity index (χ2v) is 6.93. The molecule has 0 radical (unpaired) electrons. The van der Waals surface area contributed by atoms with Crippen molar-refractivity contribution in [1.29, 1.82) is 5.26 Å². The predicted octanol–water partition coefficient (Wildman–Crippen LogP) is 4.59. The van der Waals surface area contributed by atoms with Crippen LogP contribution in [0.25, 0.3) is 0 Å². The topological polar surface area (TPSA) is 97.6 Å². The van der Waals surface area contributed by atoms with E-state index in [2.05, 4.69) is 5.32 Å². The molecular formula is C24H19ClN2O5. The molecule has 0 aliphatic carbocycles. The number of hydrogen-bond donors (Lipinski definition) is 1. The van der Waals surface area contributed by atoms with Crippen molar-refractivity contribution in [1.82, 2.24) is 0 Å². The Morgan fingerprint density at radius 1 is 1.03 bits per heavy atom. The molecule has 0 saturated heterocycles. The number of amides is 1. The number of carbonyl (C=O) groups is 2. The third-order valence-electron chi connectivity index (χ3n) is 4.40. The summed E-state index contributed by atoms with van der Waals surface area (Å²) in [5.41, 5.74) is 1.66. The molecule has 8 heteroatoms. The largest absolute Gasteiger partial charge is 0.493 e. The van der Waals surface area contributed by atoms with E-state index in [-0.39, 0.29) is 12.2 Å². The Hall–Kier alpha value is -4.02. The number of para-hydroxylation sites is 1. The minimum Gasteiger partial charge on any atom is -0.493 e. The Kier molecular flexibility index (Phi) is 7.68. The van der Waals surface area contributed by atoms with Gasteiger partial charge in [0.25, 0.3) is 5.91 Å². The molecule has 0 aromatic heterocycles. The zero-order chi connectivity index (χ0) is 22.9. The molecule has 7 nitrogen and oxygen atoms in total. The quantitative estimate of drug-likeness (QED) is 0.504. The fraction of sp³-hybridized carbons (Fsp3) is 0.125. The highest BCUT2D eigenvalue weighted by Crippen LogP contribution is 2.30. The molecule has 0 bridgehead atoms. The molecule has 3 aromatic carbocycles. The second-order valence-electron chi connectivity index (χ2n) is 6.53. The summed E-state index contributed by atoms with van der Waals surface area (Å²) in [7, 11) is 1.45. The molecule has 0 heterocycles. The lowest BCUT2D eigenvalue weighted by Gasteiger charge is -2.13. The van der Waals surface area contributed by atoms with Gasteiger partial charge in [0.05, 0.1) is 23.9 Å². The van der Waals surface area contributed by atoms with E-state index in [0.29, 0.717) is 27.8 Å². The van der Waals surface area contributed by atoms with Gasteiger partial charge in [-0.1, -0.05) is 41.9 Å². The molecule has 1 N–H and O–H groups in total. The van der Waals surface area contributed by atoms with Gasteiger partial charge in [0.1, 0.15) is 12.7 Å². The number of nitrogens with zero attached hydrogens (tertiary/aromatic N) is 1. The highest BCUT2D eigenvalue weighted by atomic mass is 35.5. The maximum Gasteiger partial charge on any atom is 0.338 e. The molecule has 32 heavy (non-hydrogen) atoms. The molecule has 1 amide bonds. The summed E-state index contributed by atoms with van der Waals surface area (Å²) in [5, 5.41) is 12.2. The molecule has 162 valence electrons. The van der Waals surface area contributed by atoms with Gasteiger partial charge in [0, 0.05) is 10.6 Å². The monoisotopic (exact) mass is 450 g/mol. The third-order valence-corrected chi connectivity index (χ3v) is 4.77. The third kappa shape index (κ3) is 5.78. The van der Waals surface area contributed by atoms with Crippen molar-refractivity contribution in [3.63, 3.8) is 0 Å². The Bertz CT molecular complexity index is 1170. The normalized spacial score (nSPS) is 10.0. The number of methoxy groups -OCH3 is 1. The van der Waals surface area contributed by atoms with Crippen LogP contribution in [0.2, 0.25) is 5.02 Å². The van der Waals surface area contributed by atoms with Gasteiger partial charge < -0.3 is 19.5 Å². The summed E-state index contributed by atoms with van der Waals surface area (Å²) in [5.74, 6) is -0.508. The molecule has 0 aliphatic heterocycles.